The Balaban J connectivity index is 2.64. The Kier molecular flexibility index (Phi) is 3.86. The van der Waals surface area contributed by atoms with Crippen LogP contribution in [0.1, 0.15) is 32.6 Å². The molecule has 3 heteroatoms. The first-order valence-corrected chi connectivity index (χ1v) is 4.98. The molecule has 78 valence electrons. The van der Waals surface area contributed by atoms with E-state index >= 15 is 0 Å². The highest BCUT2D eigenvalue weighted by molar-refractivity contribution is 6.34. The molecule has 0 aromatic heterocycles. The van der Waals surface area contributed by atoms with Gasteiger partial charge in [-0.15, -0.1) is 0 Å². The summed E-state index contributed by atoms with van der Waals surface area (Å²) in [5, 5.41) is 0. The van der Waals surface area contributed by atoms with Gasteiger partial charge in [-0.2, -0.15) is 0 Å². The number of allylic oxidation sites excluding steroid dienone is 2. The summed E-state index contributed by atoms with van der Waals surface area (Å²) < 4.78 is 4.41. The molecule has 0 saturated heterocycles. The fraction of sp³-hybridized carbons (Fsp3) is 0.636. The second kappa shape index (κ2) is 4.94. The zero-order valence-electron chi connectivity index (χ0n) is 8.71. The molecule has 0 spiro atoms. The Morgan fingerprint density at radius 3 is 2.64 bits per heavy atom. The van der Waals surface area contributed by atoms with Crippen molar-refractivity contribution in [1.82, 2.24) is 0 Å². The van der Waals surface area contributed by atoms with E-state index in [1.165, 1.54) is 13.5 Å². The van der Waals surface area contributed by atoms with Crippen LogP contribution in [0.4, 0.5) is 0 Å². The zero-order valence-corrected chi connectivity index (χ0v) is 8.71. The summed E-state index contributed by atoms with van der Waals surface area (Å²) in [7, 11) is 1.24. The van der Waals surface area contributed by atoms with E-state index in [4.69, 9.17) is 0 Å². The Morgan fingerprint density at radius 1 is 1.43 bits per heavy atom. The topological polar surface area (TPSA) is 43.4 Å². The molecule has 1 atom stereocenters. The quantitative estimate of drug-likeness (QED) is 0.393. The van der Waals surface area contributed by atoms with Gasteiger partial charge >= 0.3 is 5.97 Å². The summed E-state index contributed by atoms with van der Waals surface area (Å²) >= 11 is 0. The first kappa shape index (κ1) is 11.0. The maximum Gasteiger partial charge on any atom is 0.374 e. The fourth-order valence-electron chi connectivity index (χ4n) is 1.70. The monoisotopic (exact) mass is 196 g/mol. The number of hydrogen-bond donors (Lipinski definition) is 0. The molecule has 14 heavy (non-hydrogen) atoms. The molecule has 0 heterocycles. The van der Waals surface area contributed by atoms with Crippen molar-refractivity contribution in [3.63, 3.8) is 0 Å². The van der Waals surface area contributed by atoms with Crippen LogP contribution in [0.5, 0.6) is 0 Å². The van der Waals surface area contributed by atoms with Gasteiger partial charge in [-0.25, -0.2) is 4.79 Å². The van der Waals surface area contributed by atoms with E-state index in [0.717, 1.165) is 24.8 Å². The third-order valence-electron chi connectivity index (χ3n) is 2.66. The number of methoxy groups -OCH3 is 1. The van der Waals surface area contributed by atoms with E-state index in [1.807, 2.05) is 0 Å². The molecule has 0 fully saturated rings. The van der Waals surface area contributed by atoms with Crippen LogP contribution in [-0.4, -0.2) is 18.9 Å². The molecule has 0 bridgehead atoms. The van der Waals surface area contributed by atoms with Crippen LogP contribution in [0, 0.1) is 5.92 Å². The van der Waals surface area contributed by atoms with Crippen molar-refractivity contribution in [2.24, 2.45) is 5.92 Å². The lowest BCUT2D eigenvalue weighted by Gasteiger charge is -2.17. The summed E-state index contributed by atoms with van der Waals surface area (Å²) in [6.07, 6.45) is 6.33. The van der Waals surface area contributed by atoms with Crippen molar-refractivity contribution in [2.75, 3.05) is 7.11 Å². The number of ketones is 1. The van der Waals surface area contributed by atoms with Crippen LogP contribution < -0.4 is 0 Å². The smallest absolute Gasteiger partial charge is 0.374 e. The van der Waals surface area contributed by atoms with Gasteiger partial charge in [0.1, 0.15) is 0 Å². The Morgan fingerprint density at radius 2 is 2.14 bits per heavy atom. The van der Waals surface area contributed by atoms with Crippen molar-refractivity contribution >= 4 is 11.8 Å². The van der Waals surface area contributed by atoms with E-state index in [1.54, 1.807) is 6.92 Å². The first-order chi connectivity index (χ1) is 6.66. The minimum absolute atomic E-state index is 0.303. The van der Waals surface area contributed by atoms with Crippen molar-refractivity contribution in [2.45, 2.75) is 32.6 Å². The largest absolute Gasteiger partial charge is 0.463 e. The van der Waals surface area contributed by atoms with Crippen LogP contribution >= 0.6 is 0 Å². The maximum absolute atomic E-state index is 11.5. The maximum atomic E-state index is 11.5. The minimum atomic E-state index is -0.732. The van der Waals surface area contributed by atoms with E-state index in [-0.39, 0.29) is 5.92 Å². The lowest BCUT2D eigenvalue weighted by atomic mass is 9.88. The molecular weight excluding hydrogens is 180 g/mol. The Hall–Kier alpha value is -1.12. The van der Waals surface area contributed by atoms with Gasteiger partial charge in [-0.05, 0) is 25.7 Å². The van der Waals surface area contributed by atoms with Gasteiger partial charge in [0, 0.05) is 5.92 Å². The highest BCUT2D eigenvalue weighted by Gasteiger charge is 2.25. The summed E-state index contributed by atoms with van der Waals surface area (Å²) in [6.45, 7) is 1.77. The van der Waals surface area contributed by atoms with Crippen LogP contribution in [0.25, 0.3) is 0 Å². The van der Waals surface area contributed by atoms with E-state index < -0.39 is 11.8 Å². The molecule has 1 aliphatic carbocycles. The first-order valence-electron chi connectivity index (χ1n) is 4.98. The summed E-state index contributed by atoms with van der Waals surface area (Å²) in [4.78, 5) is 22.5. The number of rotatable bonds is 3. The summed E-state index contributed by atoms with van der Waals surface area (Å²) in [5.74, 6) is -1.47. The molecule has 1 rings (SSSR count). The average Bonchev–Trinajstić information content (AvgIpc) is 2.27. The SMILES string of the molecule is COC(=O)C(=O)C(C)C1=CCCCC1. The van der Waals surface area contributed by atoms with Crippen LogP contribution in [0.2, 0.25) is 0 Å². The van der Waals surface area contributed by atoms with Gasteiger partial charge in [-0.3, -0.25) is 4.79 Å². The molecule has 3 nitrogen and oxygen atoms in total. The van der Waals surface area contributed by atoms with Crippen LogP contribution in [0.3, 0.4) is 0 Å². The van der Waals surface area contributed by atoms with E-state index in [2.05, 4.69) is 10.8 Å². The van der Waals surface area contributed by atoms with Gasteiger partial charge < -0.3 is 4.74 Å². The molecule has 0 aliphatic heterocycles. The molecule has 0 saturated carbocycles. The molecular formula is C11H16O3. The molecule has 1 aliphatic rings. The number of ether oxygens (including phenoxy) is 1. The number of Topliss-reactive ketones (excluding diaryl/α,β-unsaturated/α-hetero) is 1. The average molecular weight is 196 g/mol. The lowest BCUT2D eigenvalue weighted by Crippen LogP contribution is -2.24. The molecule has 0 aromatic rings. The van der Waals surface area contributed by atoms with Gasteiger partial charge in [0.25, 0.3) is 0 Å². The fourth-order valence-corrected chi connectivity index (χ4v) is 1.70. The zero-order chi connectivity index (χ0) is 10.6. The molecule has 0 radical (unpaired) electrons. The predicted molar refractivity (Wildman–Crippen MR) is 52.7 cm³/mol. The molecule has 0 amide bonds. The normalized spacial score (nSPS) is 18.3. The van der Waals surface area contributed by atoms with Crippen molar-refractivity contribution < 1.29 is 14.3 Å². The molecule has 1 unspecified atom stereocenters. The van der Waals surface area contributed by atoms with Gasteiger partial charge in [0.2, 0.25) is 5.78 Å². The second-order valence-electron chi connectivity index (χ2n) is 3.60. The minimum Gasteiger partial charge on any atom is -0.463 e. The van der Waals surface area contributed by atoms with Gasteiger partial charge in [0.15, 0.2) is 0 Å². The van der Waals surface area contributed by atoms with Crippen LogP contribution in [0.15, 0.2) is 11.6 Å². The standard InChI is InChI=1S/C11H16O3/c1-8(10(12)11(13)14-2)9-6-4-3-5-7-9/h6,8H,3-5,7H2,1-2H3. The summed E-state index contributed by atoms with van der Waals surface area (Å²) in [6, 6.07) is 0. The number of esters is 1. The predicted octanol–water partition coefficient (Wildman–Crippen LogP) is 1.86. The van der Waals surface area contributed by atoms with Crippen LogP contribution in [-0.2, 0) is 14.3 Å². The summed E-state index contributed by atoms with van der Waals surface area (Å²) in [5.41, 5.74) is 1.09. The third kappa shape index (κ3) is 2.44. The van der Waals surface area contributed by atoms with E-state index in [0.29, 0.717) is 0 Å². The Labute approximate surface area is 84.1 Å². The number of carbonyl (C=O) groups is 2. The second-order valence-corrected chi connectivity index (χ2v) is 3.60. The van der Waals surface area contributed by atoms with Crippen molar-refractivity contribution in [3.8, 4) is 0 Å². The van der Waals surface area contributed by atoms with Crippen molar-refractivity contribution in [1.29, 1.82) is 0 Å². The third-order valence-corrected chi connectivity index (χ3v) is 2.66. The molecule has 0 aromatic carbocycles. The highest BCUT2D eigenvalue weighted by Crippen LogP contribution is 2.24. The van der Waals surface area contributed by atoms with Gasteiger partial charge in [0.05, 0.1) is 7.11 Å². The lowest BCUT2D eigenvalue weighted by molar-refractivity contribution is -0.152. The number of hydrogen-bond acceptors (Lipinski definition) is 3. The Bertz CT molecular complexity index is 266. The molecule has 0 N–H and O–H groups in total. The highest BCUT2D eigenvalue weighted by atomic mass is 16.5. The number of carbonyl (C=O) groups excluding carboxylic acids is 2. The van der Waals surface area contributed by atoms with E-state index in [9.17, 15) is 9.59 Å². The van der Waals surface area contributed by atoms with Gasteiger partial charge in [-0.1, -0.05) is 18.6 Å². The van der Waals surface area contributed by atoms with Crippen molar-refractivity contribution in [3.05, 3.63) is 11.6 Å².